The van der Waals surface area contributed by atoms with E-state index in [4.69, 9.17) is 24.7 Å². The molecule has 2 aliphatic rings. The standard InChI is InChI=1S/C24H31N7O2/c1-16-11-21(30(28-16)22-7-5-6-9-33-22)31-23-18(13-26-31)19(24(3,4)15-25)12-20(27-23)29-8-10-32-14-17(29)2/h11-13,17,22H,5-10,14H2,1-4H3/t17-,22?/m1/s1. The van der Waals surface area contributed by atoms with Crippen LogP contribution in [0, 0.1) is 18.3 Å². The average molecular weight is 450 g/mol. The fourth-order valence-corrected chi connectivity index (χ4v) is 4.74. The van der Waals surface area contributed by atoms with Crippen LogP contribution in [0.25, 0.3) is 16.9 Å². The van der Waals surface area contributed by atoms with Crippen LogP contribution in [0.15, 0.2) is 18.3 Å². The van der Waals surface area contributed by atoms with Gasteiger partial charge in [-0.1, -0.05) is 0 Å². The van der Waals surface area contributed by atoms with Gasteiger partial charge in [0.2, 0.25) is 0 Å². The quantitative estimate of drug-likeness (QED) is 0.600. The van der Waals surface area contributed by atoms with Crippen molar-refractivity contribution in [3.8, 4) is 11.9 Å². The first-order chi connectivity index (χ1) is 15.9. The van der Waals surface area contributed by atoms with Crippen LogP contribution in [0.1, 0.15) is 57.5 Å². The van der Waals surface area contributed by atoms with E-state index in [-0.39, 0.29) is 12.3 Å². The van der Waals surface area contributed by atoms with Crippen molar-refractivity contribution < 1.29 is 9.47 Å². The fourth-order valence-electron chi connectivity index (χ4n) is 4.74. The number of morpholine rings is 1. The molecule has 0 N–H and O–H groups in total. The molecule has 0 saturated carbocycles. The molecule has 5 rings (SSSR count). The van der Waals surface area contributed by atoms with Crippen molar-refractivity contribution in [1.29, 1.82) is 5.26 Å². The molecule has 2 aliphatic heterocycles. The number of aromatic nitrogens is 5. The molecule has 0 aliphatic carbocycles. The van der Waals surface area contributed by atoms with Gasteiger partial charge < -0.3 is 14.4 Å². The maximum atomic E-state index is 9.94. The highest BCUT2D eigenvalue weighted by atomic mass is 16.5. The minimum Gasteiger partial charge on any atom is -0.377 e. The Balaban J connectivity index is 1.70. The van der Waals surface area contributed by atoms with Gasteiger partial charge in [-0.05, 0) is 58.6 Å². The predicted octanol–water partition coefficient (Wildman–Crippen LogP) is 3.65. The van der Waals surface area contributed by atoms with Crippen molar-refractivity contribution in [1.82, 2.24) is 24.5 Å². The van der Waals surface area contributed by atoms with E-state index < -0.39 is 5.41 Å². The second-order valence-electron chi connectivity index (χ2n) is 9.59. The number of hydrogen-bond donors (Lipinski definition) is 0. The monoisotopic (exact) mass is 449 g/mol. The van der Waals surface area contributed by atoms with Gasteiger partial charge in [0.05, 0.1) is 42.6 Å². The van der Waals surface area contributed by atoms with Gasteiger partial charge in [0, 0.05) is 24.6 Å². The highest BCUT2D eigenvalue weighted by Gasteiger charge is 2.30. The highest BCUT2D eigenvalue weighted by molar-refractivity contribution is 5.84. The zero-order chi connectivity index (χ0) is 23.2. The van der Waals surface area contributed by atoms with Crippen LogP contribution in [0.5, 0.6) is 0 Å². The van der Waals surface area contributed by atoms with E-state index in [1.807, 2.05) is 48.5 Å². The zero-order valence-electron chi connectivity index (χ0n) is 19.8. The summed E-state index contributed by atoms with van der Waals surface area (Å²) in [5.74, 6) is 1.67. The number of nitriles is 1. The van der Waals surface area contributed by atoms with Crippen LogP contribution in [-0.2, 0) is 14.9 Å². The molecular formula is C24H31N7O2. The smallest absolute Gasteiger partial charge is 0.167 e. The lowest BCUT2D eigenvalue weighted by Crippen LogP contribution is -2.44. The van der Waals surface area contributed by atoms with Gasteiger partial charge in [-0.3, -0.25) is 0 Å². The summed E-state index contributed by atoms with van der Waals surface area (Å²) >= 11 is 0. The molecular weight excluding hydrogens is 418 g/mol. The van der Waals surface area contributed by atoms with Gasteiger partial charge in [-0.15, -0.1) is 0 Å². The summed E-state index contributed by atoms with van der Waals surface area (Å²) in [4.78, 5) is 7.32. The molecule has 0 aromatic carbocycles. The second-order valence-corrected chi connectivity index (χ2v) is 9.59. The van der Waals surface area contributed by atoms with Crippen LogP contribution in [-0.4, -0.2) is 57.0 Å². The highest BCUT2D eigenvalue weighted by Crippen LogP contribution is 2.35. The third-order valence-corrected chi connectivity index (χ3v) is 6.63. The van der Waals surface area contributed by atoms with Crippen LogP contribution >= 0.6 is 0 Å². The summed E-state index contributed by atoms with van der Waals surface area (Å²) in [5, 5.41) is 20.3. The SMILES string of the molecule is Cc1cc(-n2ncc3c(C(C)(C)C#N)cc(N4CCOC[C@H]4C)nc32)n(C2CCCCO2)n1. The Morgan fingerprint density at radius 3 is 2.79 bits per heavy atom. The molecule has 174 valence electrons. The van der Waals surface area contributed by atoms with E-state index in [0.29, 0.717) is 13.2 Å². The minimum absolute atomic E-state index is 0.112. The van der Waals surface area contributed by atoms with Gasteiger partial charge in [0.1, 0.15) is 5.82 Å². The molecule has 2 fully saturated rings. The Morgan fingerprint density at radius 1 is 1.21 bits per heavy atom. The van der Waals surface area contributed by atoms with Crippen molar-refractivity contribution in [2.75, 3.05) is 31.3 Å². The lowest BCUT2D eigenvalue weighted by Gasteiger charge is -2.35. The molecule has 0 bridgehead atoms. The Bertz CT molecular complexity index is 1200. The normalized spacial score (nSPS) is 22.0. The van der Waals surface area contributed by atoms with Gasteiger partial charge >= 0.3 is 0 Å². The average Bonchev–Trinajstić information content (AvgIpc) is 3.42. The van der Waals surface area contributed by atoms with Crippen molar-refractivity contribution in [2.45, 2.75) is 64.6 Å². The number of nitrogens with zero attached hydrogens (tertiary/aromatic N) is 7. The van der Waals surface area contributed by atoms with Crippen molar-refractivity contribution in [2.24, 2.45) is 0 Å². The minimum atomic E-state index is -0.692. The molecule has 0 spiro atoms. The molecule has 2 saturated heterocycles. The van der Waals surface area contributed by atoms with E-state index in [1.54, 1.807) is 0 Å². The van der Waals surface area contributed by atoms with Gasteiger partial charge in [0.25, 0.3) is 0 Å². The van der Waals surface area contributed by atoms with Crippen molar-refractivity contribution >= 4 is 16.9 Å². The molecule has 33 heavy (non-hydrogen) atoms. The number of pyridine rings is 1. The summed E-state index contributed by atoms with van der Waals surface area (Å²) in [5.41, 5.74) is 1.86. The summed E-state index contributed by atoms with van der Waals surface area (Å²) in [7, 11) is 0. The third kappa shape index (κ3) is 3.87. The van der Waals surface area contributed by atoms with Crippen molar-refractivity contribution in [3.05, 3.63) is 29.6 Å². The number of hydrogen-bond acceptors (Lipinski definition) is 7. The van der Waals surface area contributed by atoms with E-state index in [9.17, 15) is 5.26 Å². The second kappa shape index (κ2) is 8.43. The Morgan fingerprint density at radius 2 is 2.06 bits per heavy atom. The molecule has 2 atom stereocenters. The Hall–Kier alpha value is -2.96. The lowest BCUT2D eigenvalue weighted by molar-refractivity contribution is -0.0396. The molecule has 1 unspecified atom stereocenters. The lowest BCUT2D eigenvalue weighted by atomic mass is 9.85. The van der Waals surface area contributed by atoms with Gasteiger partial charge in [-0.25, -0.2) is 9.67 Å². The zero-order valence-corrected chi connectivity index (χ0v) is 19.8. The summed E-state index contributed by atoms with van der Waals surface area (Å²) < 4.78 is 15.4. The number of anilines is 1. The maximum Gasteiger partial charge on any atom is 0.167 e. The molecule has 9 heteroatoms. The first-order valence-electron chi connectivity index (χ1n) is 11.7. The van der Waals surface area contributed by atoms with Crippen molar-refractivity contribution in [3.63, 3.8) is 0 Å². The van der Waals surface area contributed by atoms with Gasteiger partial charge in [0.15, 0.2) is 17.7 Å². The van der Waals surface area contributed by atoms with E-state index in [0.717, 1.165) is 66.3 Å². The molecule has 9 nitrogen and oxygen atoms in total. The Labute approximate surface area is 193 Å². The maximum absolute atomic E-state index is 9.94. The molecule has 3 aromatic rings. The number of aryl methyl sites for hydroxylation is 1. The number of rotatable bonds is 4. The van der Waals surface area contributed by atoms with E-state index in [1.165, 1.54) is 0 Å². The topological polar surface area (TPSA) is 94.0 Å². The fraction of sp³-hybridized carbons (Fsp3) is 0.583. The first-order valence-corrected chi connectivity index (χ1v) is 11.7. The number of ether oxygens (including phenoxy) is 2. The summed E-state index contributed by atoms with van der Waals surface area (Å²) in [6, 6.07) is 6.72. The molecule has 0 radical (unpaired) electrons. The largest absolute Gasteiger partial charge is 0.377 e. The van der Waals surface area contributed by atoms with E-state index in [2.05, 4.69) is 17.9 Å². The Kier molecular flexibility index (Phi) is 5.59. The van der Waals surface area contributed by atoms with Crippen LogP contribution in [0.3, 0.4) is 0 Å². The number of fused-ring (bicyclic) bond motifs is 1. The van der Waals surface area contributed by atoms with E-state index >= 15 is 0 Å². The summed E-state index contributed by atoms with van der Waals surface area (Å²) in [6.07, 6.45) is 4.81. The van der Waals surface area contributed by atoms with Crippen LogP contribution in [0.4, 0.5) is 5.82 Å². The first kappa shape index (κ1) is 21.9. The molecule has 3 aromatic heterocycles. The third-order valence-electron chi connectivity index (χ3n) is 6.63. The molecule has 5 heterocycles. The van der Waals surface area contributed by atoms with Gasteiger partial charge in [-0.2, -0.15) is 20.1 Å². The predicted molar refractivity (Wildman–Crippen MR) is 124 cm³/mol. The summed E-state index contributed by atoms with van der Waals surface area (Å²) in [6.45, 7) is 10.8. The molecule has 0 amide bonds. The van der Waals surface area contributed by atoms with Crippen LogP contribution < -0.4 is 4.90 Å². The van der Waals surface area contributed by atoms with Crippen LogP contribution in [0.2, 0.25) is 0 Å².